The lowest BCUT2D eigenvalue weighted by Gasteiger charge is -1.84. The van der Waals surface area contributed by atoms with E-state index in [-0.39, 0.29) is 0 Å². The van der Waals surface area contributed by atoms with Crippen molar-refractivity contribution in [2.45, 2.75) is 12.8 Å². The van der Waals surface area contributed by atoms with E-state index in [0.717, 1.165) is 12.8 Å². The number of allylic oxidation sites excluding steroid dienone is 1. The van der Waals surface area contributed by atoms with E-state index in [2.05, 4.69) is 0 Å². The molecule has 0 aromatic carbocycles. The van der Waals surface area contributed by atoms with Gasteiger partial charge in [0.2, 0.25) is 0 Å². The van der Waals surface area contributed by atoms with E-state index in [1.165, 1.54) is 0 Å². The maximum absolute atomic E-state index is 5.37. The van der Waals surface area contributed by atoms with Gasteiger partial charge in [0.05, 0.1) is 0 Å². The molecule has 0 radical (unpaired) electrons. The molecule has 0 heterocycles. The molecule has 0 bridgehead atoms. The highest BCUT2D eigenvalue weighted by atomic mass is 35.5. The minimum Gasteiger partial charge on any atom is -0.127 e. The molecule has 0 aliphatic rings. The first-order valence-electron chi connectivity index (χ1n) is 2.34. The van der Waals surface area contributed by atoms with E-state index in [1.807, 2.05) is 0 Å². The minimum absolute atomic E-state index is 0.329. The van der Waals surface area contributed by atoms with Gasteiger partial charge in [-0.2, -0.15) is 0 Å². The van der Waals surface area contributed by atoms with Gasteiger partial charge in [0.1, 0.15) is 4.49 Å². The molecule has 0 aromatic heterocycles. The van der Waals surface area contributed by atoms with E-state index in [9.17, 15) is 0 Å². The number of rotatable bonds is 3. The summed E-state index contributed by atoms with van der Waals surface area (Å²) in [5.74, 6) is 0.664. The van der Waals surface area contributed by atoms with Crippen molar-refractivity contribution in [1.29, 1.82) is 0 Å². The Morgan fingerprint density at radius 3 is 2.38 bits per heavy atom. The number of hydrogen-bond acceptors (Lipinski definition) is 0. The fourth-order valence-electron chi connectivity index (χ4n) is 0.288. The molecule has 0 amide bonds. The molecule has 0 nitrogen and oxygen atoms in total. The summed E-state index contributed by atoms with van der Waals surface area (Å²) in [4.78, 5) is 0. The summed E-state index contributed by atoms with van der Waals surface area (Å²) in [6.07, 6.45) is 3.54. The second-order valence-electron chi connectivity index (χ2n) is 1.32. The van der Waals surface area contributed by atoms with Crippen molar-refractivity contribution in [1.82, 2.24) is 0 Å². The molecule has 0 rings (SSSR count). The van der Waals surface area contributed by atoms with Gasteiger partial charge in [-0.05, 0) is 12.8 Å². The minimum atomic E-state index is 0.329. The number of alkyl halides is 1. The Morgan fingerprint density at radius 2 is 2.00 bits per heavy atom. The lowest BCUT2D eigenvalue weighted by atomic mass is 10.3. The summed E-state index contributed by atoms with van der Waals surface area (Å²) in [6.45, 7) is 0. The van der Waals surface area contributed by atoms with Crippen molar-refractivity contribution in [3.63, 3.8) is 0 Å². The van der Waals surface area contributed by atoms with Crippen molar-refractivity contribution in [3.05, 3.63) is 10.6 Å². The lowest BCUT2D eigenvalue weighted by molar-refractivity contribution is 0.967. The van der Waals surface area contributed by atoms with Crippen LogP contribution >= 0.6 is 34.8 Å². The molecule has 3 heteroatoms. The van der Waals surface area contributed by atoms with Crippen molar-refractivity contribution in [2.75, 3.05) is 5.88 Å². The molecular formula is C5H7Cl3. The molecule has 0 N–H and O–H groups in total. The fourth-order valence-corrected chi connectivity index (χ4v) is 0.661. The highest BCUT2D eigenvalue weighted by Gasteiger charge is 1.82. The largest absolute Gasteiger partial charge is 0.127 e. The molecule has 0 fully saturated rings. The van der Waals surface area contributed by atoms with Gasteiger partial charge in [0, 0.05) is 5.88 Å². The van der Waals surface area contributed by atoms with Crippen LogP contribution in [0.1, 0.15) is 12.8 Å². The predicted octanol–water partition coefficient (Wildman–Crippen LogP) is 3.32. The quantitative estimate of drug-likeness (QED) is 0.454. The summed E-state index contributed by atoms with van der Waals surface area (Å²) in [7, 11) is 0. The van der Waals surface area contributed by atoms with Gasteiger partial charge in [-0.3, -0.25) is 0 Å². The first-order valence-corrected chi connectivity index (χ1v) is 3.63. The second kappa shape index (κ2) is 5.74. The van der Waals surface area contributed by atoms with Gasteiger partial charge in [-0.1, -0.05) is 29.3 Å². The van der Waals surface area contributed by atoms with Gasteiger partial charge >= 0.3 is 0 Å². The Hall–Kier alpha value is 0.610. The summed E-state index contributed by atoms with van der Waals surface area (Å²) >= 11 is 16.0. The summed E-state index contributed by atoms with van der Waals surface area (Å²) in [6, 6.07) is 0. The average molecular weight is 173 g/mol. The van der Waals surface area contributed by atoms with Gasteiger partial charge in [-0.25, -0.2) is 0 Å². The standard InChI is InChI=1S/C5H7Cl3/c6-4-2-1-3-5(7)8/h3H,1-2,4H2. The smallest absolute Gasteiger partial charge is 0.102 e. The third kappa shape index (κ3) is 6.61. The van der Waals surface area contributed by atoms with Crippen molar-refractivity contribution in [2.24, 2.45) is 0 Å². The average Bonchev–Trinajstić information content (AvgIpc) is 1.66. The Labute approximate surface area is 64.4 Å². The van der Waals surface area contributed by atoms with Crippen LogP contribution in [-0.2, 0) is 0 Å². The molecule has 0 atom stereocenters. The monoisotopic (exact) mass is 172 g/mol. The molecule has 48 valence electrons. The summed E-state index contributed by atoms with van der Waals surface area (Å²) in [5, 5.41) is 0. The Kier molecular flexibility index (Phi) is 6.18. The normalized spacial score (nSPS) is 8.88. The van der Waals surface area contributed by atoms with Crippen LogP contribution in [0.2, 0.25) is 0 Å². The zero-order chi connectivity index (χ0) is 6.41. The summed E-state index contributed by atoms with van der Waals surface area (Å²) < 4.78 is 0.329. The summed E-state index contributed by atoms with van der Waals surface area (Å²) in [5.41, 5.74) is 0. The Morgan fingerprint density at radius 1 is 1.38 bits per heavy atom. The topological polar surface area (TPSA) is 0 Å². The first kappa shape index (κ1) is 8.61. The van der Waals surface area contributed by atoms with E-state index < -0.39 is 0 Å². The van der Waals surface area contributed by atoms with Gasteiger partial charge < -0.3 is 0 Å². The number of unbranched alkanes of at least 4 members (excludes halogenated alkanes) is 1. The Balaban J connectivity index is 3.03. The number of hydrogen-bond donors (Lipinski definition) is 0. The molecule has 0 aromatic rings. The number of halogens is 3. The molecule has 0 saturated carbocycles. The highest BCUT2D eigenvalue weighted by Crippen LogP contribution is 2.08. The van der Waals surface area contributed by atoms with Crippen molar-refractivity contribution < 1.29 is 0 Å². The van der Waals surface area contributed by atoms with Gasteiger partial charge in [0.15, 0.2) is 0 Å². The molecule has 0 aliphatic carbocycles. The van der Waals surface area contributed by atoms with Crippen LogP contribution in [0, 0.1) is 0 Å². The molecule has 0 aliphatic heterocycles. The zero-order valence-electron chi connectivity index (χ0n) is 4.33. The first-order chi connectivity index (χ1) is 3.77. The van der Waals surface area contributed by atoms with Crippen LogP contribution in [0.25, 0.3) is 0 Å². The third-order valence-electron chi connectivity index (χ3n) is 0.636. The van der Waals surface area contributed by atoms with Crippen molar-refractivity contribution in [3.8, 4) is 0 Å². The highest BCUT2D eigenvalue weighted by molar-refractivity contribution is 6.55. The molecule has 0 saturated heterocycles. The second-order valence-corrected chi connectivity index (χ2v) is 2.71. The fraction of sp³-hybridized carbons (Fsp3) is 0.600. The lowest BCUT2D eigenvalue weighted by Crippen LogP contribution is -1.69. The maximum atomic E-state index is 5.37. The molecular weight excluding hydrogens is 166 g/mol. The van der Waals surface area contributed by atoms with Crippen LogP contribution in [0.5, 0.6) is 0 Å². The predicted molar refractivity (Wildman–Crippen MR) is 39.7 cm³/mol. The van der Waals surface area contributed by atoms with E-state index >= 15 is 0 Å². The Bertz CT molecular complexity index is 73.7. The zero-order valence-corrected chi connectivity index (χ0v) is 6.60. The van der Waals surface area contributed by atoms with Gasteiger partial charge in [0.25, 0.3) is 0 Å². The van der Waals surface area contributed by atoms with Crippen LogP contribution < -0.4 is 0 Å². The molecule has 8 heavy (non-hydrogen) atoms. The van der Waals surface area contributed by atoms with E-state index in [4.69, 9.17) is 34.8 Å². The van der Waals surface area contributed by atoms with E-state index in [0.29, 0.717) is 10.4 Å². The molecule has 0 spiro atoms. The maximum Gasteiger partial charge on any atom is 0.102 e. The SMILES string of the molecule is ClCCCC=C(Cl)Cl. The van der Waals surface area contributed by atoms with Crippen LogP contribution in [0.4, 0.5) is 0 Å². The van der Waals surface area contributed by atoms with Crippen LogP contribution in [0.3, 0.4) is 0 Å². The van der Waals surface area contributed by atoms with Crippen LogP contribution in [-0.4, -0.2) is 5.88 Å². The third-order valence-corrected chi connectivity index (χ3v) is 1.21. The van der Waals surface area contributed by atoms with Crippen molar-refractivity contribution >= 4 is 34.8 Å². The van der Waals surface area contributed by atoms with Crippen LogP contribution in [0.15, 0.2) is 10.6 Å². The van der Waals surface area contributed by atoms with E-state index in [1.54, 1.807) is 6.08 Å². The molecule has 0 unspecified atom stereocenters. The van der Waals surface area contributed by atoms with Gasteiger partial charge in [-0.15, -0.1) is 11.6 Å².